The predicted octanol–water partition coefficient (Wildman–Crippen LogP) is 1.57. The lowest BCUT2D eigenvalue weighted by atomic mass is 10.1. The summed E-state index contributed by atoms with van der Waals surface area (Å²) >= 11 is 3.33. The molecule has 0 aromatic heterocycles. The minimum Gasteiger partial charge on any atom is -0.386 e. The van der Waals surface area contributed by atoms with Crippen molar-refractivity contribution in [2.45, 2.75) is 19.4 Å². The Balaban J connectivity index is 1.87. The van der Waals surface area contributed by atoms with Gasteiger partial charge in [0.1, 0.15) is 0 Å². The molecule has 1 fully saturated rings. The maximum Gasteiger partial charge on any atom is 0.313 e. The Morgan fingerprint density at radius 2 is 1.78 bits per heavy atom. The van der Waals surface area contributed by atoms with Crippen LogP contribution in [0.2, 0.25) is 0 Å². The predicted molar refractivity (Wildman–Crippen MR) is 97.2 cm³/mol. The lowest BCUT2D eigenvalue weighted by molar-refractivity contribution is -0.136. The largest absolute Gasteiger partial charge is 0.386 e. The van der Waals surface area contributed by atoms with Crippen molar-refractivity contribution in [2.75, 3.05) is 34.9 Å². The zero-order valence-corrected chi connectivity index (χ0v) is 15.0. The van der Waals surface area contributed by atoms with Gasteiger partial charge in [-0.3, -0.25) is 9.59 Å². The Hall–Kier alpha value is -1.18. The molecule has 3 N–H and O–H groups in total. The van der Waals surface area contributed by atoms with Crippen LogP contribution in [0, 0.1) is 13.8 Å². The first-order valence-corrected chi connectivity index (χ1v) is 9.75. The molecule has 1 aliphatic heterocycles. The molecule has 0 aliphatic carbocycles. The molecule has 0 saturated carbocycles. The van der Waals surface area contributed by atoms with Crippen LogP contribution in [0.15, 0.2) is 18.2 Å². The molecule has 7 heteroatoms. The van der Waals surface area contributed by atoms with Crippen LogP contribution in [0.1, 0.15) is 11.1 Å². The van der Waals surface area contributed by atoms with E-state index in [1.807, 2.05) is 26.0 Å². The van der Waals surface area contributed by atoms with Gasteiger partial charge >= 0.3 is 11.8 Å². The molecule has 5 nitrogen and oxygen atoms in total. The first-order chi connectivity index (χ1) is 10.9. The molecule has 1 heterocycles. The van der Waals surface area contributed by atoms with E-state index in [1.54, 1.807) is 29.6 Å². The third-order valence-electron chi connectivity index (χ3n) is 3.66. The Morgan fingerprint density at radius 1 is 1.13 bits per heavy atom. The van der Waals surface area contributed by atoms with Crippen LogP contribution in [-0.2, 0) is 9.59 Å². The zero-order chi connectivity index (χ0) is 16.9. The van der Waals surface area contributed by atoms with Crippen molar-refractivity contribution in [3.8, 4) is 0 Å². The van der Waals surface area contributed by atoms with Crippen LogP contribution in [0.3, 0.4) is 0 Å². The highest BCUT2D eigenvalue weighted by Crippen LogP contribution is 2.24. The summed E-state index contributed by atoms with van der Waals surface area (Å²) in [6.45, 7) is 4.02. The second-order valence-corrected chi connectivity index (χ2v) is 7.98. The number of rotatable bonds is 3. The molecule has 0 bridgehead atoms. The number of aliphatic hydroxyl groups is 1. The number of aryl methyl sites for hydroxylation is 2. The van der Waals surface area contributed by atoms with E-state index in [0.29, 0.717) is 17.2 Å². The van der Waals surface area contributed by atoms with Gasteiger partial charge in [-0.05, 0) is 37.1 Å². The highest BCUT2D eigenvalue weighted by Gasteiger charge is 2.30. The average molecular weight is 354 g/mol. The van der Waals surface area contributed by atoms with Gasteiger partial charge < -0.3 is 15.7 Å². The van der Waals surface area contributed by atoms with Gasteiger partial charge in [0.15, 0.2) is 0 Å². The fraction of sp³-hybridized carbons (Fsp3) is 0.500. The Bertz CT molecular complexity index is 585. The van der Waals surface area contributed by atoms with E-state index in [-0.39, 0.29) is 6.54 Å². The molecule has 1 aromatic rings. The van der Waals surface area contributed by atoms with Crippen LogP contribution in [0.25, 0.3) is 0 Å². The molecular weight excluding hydrogens is 332 g/mol. The van der Waals surface area contributed by atoms with E-state index in [2.05, 4.69) is 10.6 Å². The summed E-state index contributed by atoms with van der Waals surface area (Å²) in [6, 6.07) is 5.48. The van der Waals surface area contributed by atoms with Crippen molar-refractivity contribution in [3.05, 3.63) is 29.3 Å². The van der Waals surface area contributed by atoms with Gasteiger partial charge in [0.25, 0.3) is 0 Å². The summed E-state index contributed by atoms with van der Waals surface area (Å²) < 4.78 is 0. The molecule has 2 rings (SSSR count). The summed E-state index contributed by atoms with van der Waals surface area (Å²) in [5.74, 6) is 1.68. The lowest BCUT2D eigenvalue weighted by Crippen LogP contribution is -2.49. The number of carbonyl (C=O) groups is 2. The summed E-state index contributed by atoms with van der Waals surface area (Å²) in [5, 5.41) is 15.6. The van der Waals surface area contributed by atoms with E-state index < -0.39 is 17.4 Å². The van der Waals surface area contributed by atoms with E-state index in [9.17, 15) is 14.7 Å². The van der Waals surface area contributed by atoms with E-state index in [0.717, 1.165) is 22.6 Å². The molecule has 0 atom stereocenters. The van der Waals surface area contributed by atoms with Gasteiger partial charge in [-0.2, -0.15) is 23.5 Å². The molecule has 126 valence electrons. The topological polar surface area (TPSA) is 78.4 Å². The van der Waals surface area contributed by atoms with Crippen molar-refractivity contribution in [3.63, 3.8) is 0 Å². The van der Waals surface area contributed by atoms with E-state index >= 15 is 0 Å². The lowest BCUT2D eigenvalue weighted by Gasteiger charge is -2.25. The van der Waals surface area contributed by atoms with Gasteiger partial charge in [0.05, 0.1) is 5.60 Å². The quantitative estimate of drug-likeness (QED) is 0.718. The van der Waals surface area contributed by atoms with Crippen molar-refractivity contribution >= 4 is 41.0 Å². The van der Waals surface area contributed by atoms with Gasteiger partial charge in [-0.1, -0.05) is 6.07 Å². The van der Waals surface area contributed by atoms with Crippen LogP contribution < -0.4 is 10.6 Å². The first-order valence-electron chi connectivity index (χ1n) is 7.44. The summed E-state index contributed by atoms with van der Waals surface area (Å²) in [4.78, 5) is 23.9. The number of nitrogens with one attached hydrogen (secondary N) is 2. The standard InChI is InChI=1S/C16H22N2O3S2/c1-11-3-4-13(7-12(11)2)18-15(20)14(19)17-8-16(21)9-22-5-6-23-10-16/h3-4,7,21H,5-6,8-10H2,1-2H3,(H,17,19)(H,18,20). The smallest absolute Gasteiger partial charge is 0.313 e. The molecule has 0 radical (unpaired) electrons. The molecule has 23 heavy (non-hydrogen) atoms. The van der Waals surface area contributed by atoms with Crippen LogP contribution >= 0.6 is 23.5 Å². The highest BCUT2D eigenvalue weighted by molar-refractivity contribution is 8.03. The minimum absolute atomic E-state index is 0.0895. The number of hydrogen-bond donors (Lipinski definition) is 3. The van der Waals surface area contributed by atoms with Gasteiger partial charge in [0, 0.05) is 35.2 Å². The fourth-order valence-electron chi connectivity index (χ4n) is 2.12. The molecule has 0 spiro atoms. The van der Waals surface area contributed by atoms with Crippen LogP contribution in [-0.4, -0.2) is 52.1 Å². The van der Waals surface area contributed by atoms with Gasteiger partial charge in [0.2, 0.25) is 0 Å². The van der Waals surface area contributed by atoms with E-state index in [4.69, 9.17) is 0 Å². The van der Waals surface area contributed by atoms with Crippen molar-refractivity contribution in [1.29, 1.82) is 0 Å². The molecule has 1 aromatic carbocycles. The van der Waals surface area contributed by atoms with Crippen molar-refractivity contribution in [2.24, 2.45) is 0 Å². The second-order valence-electron chi connectivity index (χ2n) is 5.77. The maximum absolute atomic E-state index is 11.9. The van der Waals surface area contributed by atoms with Gasteiger partial charge in [-0.25, -0.2) is 0 Å². The molecule has 2 amide bonds. The number of hydrogen-bond acceptors (Lipinski definition) is 5. The fourth-order valence-corrected chi connectivity index (χ4v) is 4.65. The number of thioether (sulfide) groups is 2. The second kappa shape index (κ2) is 8.08. The SMILES string of the molecule is Cc1ccc(NC(=O)C(=O)NCC2(O)CSCCSC2)cc1C. The van der Waals surface area contributed by atoms with Crippen molar-refractivity contribution < 1.29 is 14.7 Å². The Labute approximate surface area is 145 Å². The normalized spacial score (nSPS) is 17.2. The Morgan fingerprint density at radius 3 is 2.39 bits per heavy atom. The Kier molecular flexibility index (Phi) is 6.38. The summed E-state index contributed by atoms with van der Waals surface area (Å²) in [7, 11) is 0. The third kappa shape index (κ3) is 5.44. The van der Waals surface area contributed by atoms with Crippen LogP contribution in [0.5, 0.6) is 0 Å². The third-order valence-corrected chi connectivity index (χ3v) is 6.39. The number of carbonyl (C=O) groups excluding carboxylic acids is 2. The first kappa shape index (κ1) is 18.2. The van der Waals surface area contributed by atoms with Gasteiger partial charge in [-0.15, -0.1) is 0 Å². The highest BCUT2D eigenvalue weighted by atomic mass is 32.2. The molecular formula is C16H22N2O3S2. The average Bonchev–Trinajstić information content (AvgIpc) is 2.74. The van der Waals surface area contributed by atoms with Crippen molar-refractivity contribution in [1.82, 2.24) is 5.32 Å². The molecule has 1 aliphatic rings. The molecule has 0 unspecified atom stereocenters. The zero-order valence-electron chi connectivity index (χ0n) is 13.3. The van der Waals surface area contributed by atoms with Crippen LogP contribution in [0.4, 0.5) is 5.69 Å². The van der Waals surface area contributed by atoms with E-state index in [1.165, 1.54) is 0 Å². The minimum atomic E-state index is -0.956. The monoisotopic (exact) mass is 354 g/mol. The molecule has 1 saturated heterocycles. The number of benzene rings is 1. The summed E-state index contributed by atoms with van der Waals surface area (Å²) in [6.07, 6.45) is 0. The number of anilines is 1. The maximum atomic E-state index is 11.9. The number of amides is 2. The summed E-state index contributed by atoms with van der Waals surface area (Å²) in [5.41, 5.74) is 1.80.